The van der Waals surface area contributed by atoms with Crippen LogP contribution in [0, 0.1) is 0 Å². The molecule has 7 nitrogen and oxygen atoms in total. The smallest absolute Gasteiger partial charge is 0.246 e. The zero-order valence-electron chi connectivity index (χ0n) is 14.9. The molecule has 1 saturated heterocycles. The van der Waals surface area contributed by atoms with E-state index in [0.717, 1.165) is 0 Å². The number of hydrogen-bond acceptors (Lipinski definition) is 5. The molecule has 0 spiro atoms. The monoisotopic (exact) mass is 464 g/mol. The Morgan fingerprint density at radius 3 is 1.71 bits per heavy atom. The van der Waals surface area contributed by atoms with Gasteiger partial charge in [-0.25, -0.2) is 16.8 Å². The largest absolute Gasteiger partial charge is 0.497 e. The molecule has 0 bridgehead atoms. The summed E-state index contributed by atoms with van der Waals surface area (Å²) in [6.45, 7) is 0.0455. The maximum absolute atomic E-state index is 12.9. The minimum atomic E-state index is -3.93. The van der Waals surface area contributed by atoms with Crippen molar-refractivity contribution in [2.45, 2.75) is 9.79 Å². The zero-order chi connectivity index (χ0) is 20.5. The van der Waals surface area contributed by atoms with E-state index in [1.165, 1.54) is 40.0 Å². The maximum atomic E-state index is 12.9. The van der Waals surface area contributed by atoms with E-state index in [-0.39, 0.29) is 46.0 Å². The summed E-state index contributed by atoms with van der Waals surface area (Å²) in [6.07, 6.45) is 0. The average molecular weight is 465 g/mol. The van der Waals surface area contributed by atoms with E-state index in [4.69, 9.17) is 27.9 Å². The van der Waals surface area contributed by atoms with Gasteiger partial charge in [0.05, 0.1) is 22.1 Å². The molecule has 1 aliphatic heterocycles. The predicted molar refractivity (Wildman–Crippen MR) is 107 cm³/mol. The molecule has 3 rings (SSSR count). The lowest BCUT2D eigenvalue weighted by Crippen LogP contribution is -2.50. The number of nitrogens with zero attached hydrogens (tertiary/aromatic N) is 2. The highest BCUT2D eigenvalue weighted by Crippen LogP contribution is 2.32. The quantitative estimate of drug-likeness (QED) is 0.678. The topological polar surface area (TPSA) is 84.0 Å². The Kier molecular flexibility index (Phi) is 6.23. The highest BCUT2D eigenvalue weighted by molar-refractivity contribution is 7.89. The first-order chi connectivity index (χ1) is 13.2. The van der Waals surface area contributed by atoms with Crippen LogP contribution < -0.4 is 4.74 Å². The number of rotatable bonds is 5. The van der Waals surface area contributed by atoms with Crippen LogP contribution in [0.2, 0.25) is 10.0 Å². The first kappa shape index (κ1) is 21.4. The highest BCUT2D eigenvalue weighted by Gasteiger charge is 2.35. The molecule has 0 N–H and O–H groups in total. The van der Waals surface area contributed by atoms with Crippen molar-refractivity contribution in [1.29, 1.82) is 0 Å². The maximum Gasteiger partial charge on any atom is 0.246 e. The minimum Gasteiger partial charge on any atom is -0.497 e. The van der Waals surface area contributed by atoms with Crippen LogP contribution in [0.4, 0.5) is 0 Å². The summed E-state index contributed by atoms with van der Waals surface area (Å²) < 4.78 is 58.9. The van der Waals surface area contributed by atoms with Crippen LogP contribution in [0.25, 0.3) is 0 Å². The van der Waals surface area contributed by atoms with Gasteiger partial charge in [-0.05, 0) is 36.4 Å². The van der Waals surface area contributed by atoms with Crippen LogP contribution in [0.1, 0.15) is 0 Å². The fourth-order valence-electron chi connectivity index (χ4n) is 2.91. The van der Waals surface area contributed by atoms with E-state index >= 15 is 0 Å². The van der Waals surface area contributed by atoms with E-state index in [1.54, 1.807) is 18.2 Å². The molecule has 0 unspecified atom stereocenters. The fourth-order valence-corrected chi connectivity index (χ4v) is 6.84. The SMILES string of the molecule is COc1ccc(S(=O)(=O)N2CCN(S(=O)(=O)c3c(Cl)cccc3Cl)CC2)cc1. The van der Waals surface area contributed by atoms with Crippen LogP contribution in [-0.4, -0.2) is 58.7 Å². The van der Waals surface area contributed by atoms with Crippen LogP contribution in [0.15, 0.2) is 52.3 Å². The summed E-state index contributed by atoms with van der Waals surface area (Å²) in [5.74, 6) is 0.548. The first-order valence-corrected chi connectivity index (χ1v) is 11.9. The molecule has 1 fully saturated rings. The number of piperazine rings is 1. The van der Waals surface area contributed by atoms with Gasteiger partial charge in [-0.3, -0.25) is 0 Å². The Balaban J connectivity index is 1.78. The Bertz CT molecular complexity index is 1040. The lowest BCUT2D eigenvalue weighted by atomic mass is 10.3. The Hall–Kier alpha value is -1.36. The Labute approximate surface area is 174 Å². The third-order valence-electron chi connectivity index (χ3n) is 4.41. The van der Waals surface area contributed by atoms with Gasteiger partial charge in [0.2, 0.25) is 20.0 Å². The highest BCUT2D eigenvalue weighted by atomic mass is 35.5. The van der Waals surface area contributed by atoms with E-state index in [0.29, 0.717) is 5.75 Å². The zero-order valence-corrected chi connectivity index (χ0v) is 18.0. The van der Waals surface area contributed by atoms with Gasteiger partial charge < -0.3 is 4.74 Å². The van der Waals surface area contributed by atoms with E-state index in [1.807, 2.05) is 0 Å². The predicted octanol–water partition coefficient (Wildman–Crippen LogP) is 2.70. The molecule has 28 heavy (non-hydrogen) atoms. The lowest BCUT2D eigenvalue weighted by molar-refractivity contribution is 0.273. The van der Waals surface area contributed by atoms with Gasteiger partial charge in [0.25, 0.3) is 0 Å². The molecular formula is C17H18Cl2N2O5S2. The van der Waals surface area contributed by atoms with Gasteiger partial charge in [0, 0.05) is 26.2 Å². The van der Waals surface area contributed by atoms with Crippen LogP contribution in [-0.2, 0) is 20.0 Å². The van der Waals surface area contributed by atoms with Crippen LogP contribution >= 0.6 is 23.2 Å². The number of benzene rings is 2. The number of sulfonamides is 2. The number of hydrogen-bond donors (Lipinski definition) is 0. The molecule has 1 aliphatic rings. The van der Waals surface area contributed by atoms with E-state index in [2.05, 4.69) is 0 Å². The molecule has 152 valence electrons. The van der Waals surface area contributed by atoms with Crippen LogP contribution in [0.3, 0.4) is 0 Å². The van der Waals surface area contributed by atoms with Gasteiger partial charge >= 0.3 is 0 Å². The number of ether oxygens (including phenoxy) is 1. The number of halogens is 2. The summed E-state index contributed by atoms with van der Waals surface area (Å²) in [6, 6.07) is 10.5. The van der Waals surface area contributed by atoms with Gasteiger partial charge in [-0.15, -0.1) is 0 Å². The molecule has 2 aromatic carbocycles. The molecular weight excluding hydrogens is 447 g/mol. The summed E-state index contributed by atoms with van der Waals surface area (Å²) in [4.78, 5) is -0.0384. The van der Waals surface area contributed by atoms with Crippen molar-refractivity contribution >= 4 is 43.2 Å². The second kappa shape index (κ2) is 8.17. The molecule has 0 radical (unpaired) electrons. The van der Waals surface area contributed by atoms with Crippen molar-refractivity contribution in [3.8, 4) is 5.75 Å². The van der Waals surface area contributed by atoms with E-state index < -0.39 is 20.0 Å². The Morgan fingerprint density at radius 2 is 1.25 bits per heavy atom. The molecule has 0 atom stereocenters. The Morgan fingerprint density at radius 1 is 0.786 bits per heavy atom. The summed E-state index contributed by atoms with van der Waals surface area (Å²) in [5, 5.41) is 0.0570. The van der Waals surface area contributed by atoms with Gasteiger partial charge in [-0.1, -0.05) is 29.3 Å². The van der Waals surface area contributed by atoms with Gasteiger partial charge in [0.1, 0.15) is 10.6 Å². The second-order valence-corrected chi connectivity index (χ2v) is 10.7. The third-order valence-corrected chi connectivity index (χ3v) is 9.18. The van der Waals surface area contributed by atoms with Crippen molar-refractivity contribution in [1.82, 2.24) is 8.61 Å². The van der Waals surface area contributed by atoms with Crippen LogP contribution in [0.5, 0.6) is 5.75 Å². The van der Waals surface area contributed by atoms with E-state index in [9.17, 15) is 16.8 Å². The van der Waals surface area contributed by atoms with Crippen molar-refractivity contribution in [3.63, 3.8) is 0 Å². The third kappa shape index (κ3) is 4.00. The molecule has 2 aromatic rings. The molecule has 0 aromatic heterocycles. The first-order valence-electron chi connectivity index (χ1n) is 8.26. The second-order valence-electron chi connectivity index (χ2n) is 6.03. The normalized spacial score (nSPS) is 16.8. The van der Waals surface area contributed by atoms with Crippen molar-refractivity contribution in [2.75, 3.05) is 33.3 Å². The fraction of sp³-hybridized carbons (Fsp3) is 0.294. The number of methoxy groups -OCH3 is 1. The average Bonchev–Trinajstić information content (AvgIpc) is 2.68. The lowest BCUT2D eigenvalue weighted by Gasteiger charge is -2.33. The molecule has 0 amide bonds. The van der Waals surface area contributed by atoms with Crippen molar-refractivity contribution < 1.29 is 21.6 Å². The summed E-state index contributed by atoms with van der Waals surface area (Å²) >= 11 is 12.1. The molecule has 1 heterocycles. The standard InChI is InChI=1S/C17H18Cl2N2O5S2/c1-26-13-5-7-14(8-6-13)27(22,23)20-9-11-21(12-10-20)28(24,25)17-15(18)3-2-4-16(17)19/h2-8H,9-12H2,1H3. The van der Waals surface area contributed by atoms with Crippen molar-refractivity contribution in [3.05, 3.63) is 52.5 Å². The molecule has 0 saturated carbocycles. The van der Waals surface area contributed by atoms with Gasteiger partial charge in [-0.2, -0.15) is 8.61 Å². The summed E-state index contributed by atoms with van der Waals surface area (Å²) in [5.41, 5.74) is 0. The summed E-state index contributed by atoms with van der Waals surface area (Å²) in [7, 11) is -6.17. The molecule has 11 heteroatoms. The minimum absolute atomic E-state index is 0.000724. The van der Waals surface area contributed by atoms with Crippen molar-refractivity contribution in [2.24, 2.45) is 0 Å². The molecule has 0 aliphatic carbocycles. The van der Waals surface area contributed by atoms with Gasteiger partial charge in [0.15, 0.2) is 0 Å².